The van der Waals surface area contributed by atoms with Gasteiger partial charge in [-0.25, -0.2) is 0 Å². The van der Waals surface area contributed by atoms with Crippen molar-refractivity contribution in [3.8, 4) is 44.8 Å². The van der Waals surface area contributed by atoms with Gasteiger partial charge in [0.25, 0.3) is 0 Å². The van der Waals surface area contributed by atoms with Gasteiger partial charge in [0.15, 0.2) is 0 Å². The molecule has 0 aliphatic carbocycles. The molecule has 3 heteroatoms. The van der Waals surface area contributed by atoms with Crippen LogP contribution in [0.2, 0.25) is 0 Å². The zero-order chi connectivity index (χ0) is 34.9. The van der Waals surface area contributed by atoms with Crippen LogP contribution >= 0.6 is 0 Å². The SMILES string of the molecule is c1ccc(-c2ccc(-c3cccc4c3oc3c(-c5ccc(-n6ccc7c6ccc6c8ccccc8n(-c8ccccc8)c67)cc5)cccc34)cc2)cc1. The van der Waals surface area contributed by atoms with Gasteiger partial charge < -0.3 is 13.6 Å². The predicted octanol–water partition coefficient (Wildman–Crippen LogP) is 13.6. The first kappa shape index (κ1) is 29.6. The highest BCUT2D eigenvalue weighted by atomic mass is 16.3. The molecule has 0 amide bonds. The van der Waals surface area contributed by atoms with E-state index < -0.39 is 0 Å². The molecular formula is C50H32N2O. The number of furan rings is 1. The van der Waals surface area contributed by atoms with Crippen LogP contribution in [0.15, 0.2) is 199 Å². The number of benzene rings is 8. The number of aromatic nitrogens is 2. The molecule has 3 aromatic heterocycles. The Labute approximate surface area is 306 Å². The van der Waals surface area contributed by atoms with Crippen LogP contribution in [0.5, 0.6) is 0 Å². The van der Waals surface area contributed by atoms with E-state index >= 15 is 0 Å². The highest BCUT2D eigenvalue weighted by Crippen LogP contribution is 2.41. The van der Waals surface area contributed by atoms with Gasteiger partial charge in [0.2, 0.25) is 0 Å². The van der Waals surface area contributed by atoms with Crippen molar-refractivity contribution in [3.05, 3.63) is 194 Å². The van der Waals surface area contributed by atoms with E-state index in [-0.39, 0.29) is 0 Å². The van der Waals surface area contributed by atoms with Gasteiger partial charge in [0, 0.05) is 55.6 Å². The van der Waals surface area contributed by atoms with Gasteiger partial charge in [-0.1, -0.05) is 146 Å². The summed E-state index contributed by atoms with van der Waals surface area (Å²) in [5, 5.41) is 6.00. The maximum absolute atomic E-state index is 6.80. The zero-order valence-electron chi connectivity index (χ0n) is 28.8. The molecule has 8 aromatic carbocycles. The Kier molecular flexibility index (Phi) is 6.55. The summed E-state index contributed by atoms with van der Waals surface area (Å²) in [5.74, 6) is 0. The number of nitrogens with zero attached hydrogens (tertiary/aromatic N) is 2. The van der Waals surface area contributed by atoms with E-state index in [1.165, 1.54) is 43.8 Å². The van der Waals surface area contributed by atoms with Crippen molar-refractivity contribution in [3.63, 3.8) is 0 Å². The third kappa shape index (κ3) is 4.61. The second-order valence-electron chi connectivity index (χ2n) is 13.7. The van der Waals surface area contributed by atoms with Gasteiger partial charge in [-0.05, 0) is 64.7 Å². The molecule has 0 atom stereocenters. The molecule has 0 aliphatic heterocycles. The summed E-state index contributed by atoms with van der Waals surface area (Å²) in [5.41, 5.74) is 14.6. The maximum atomic E-state index is 6.80. The predicted molar refractivity (Wildman–Crippen MR) is 221 cm³/mol. The smallest absolute Gasteiger partial charge is 0.143 e. The molecule has 0 aliphatic rings. The molecule has 0 N–H and O–H groups in total. The fourth-order valence-electron chi connectivity index (χ4n) is 8.30. The summed E-state index contributed by atoms with van der Waals surface area (Å²) in [6.45, 7) is 0. The Balaban J connectivity index is 0.991. The average Bonchev–Trinajstić information content (AvgIpc) is 3.94. The molecule has 11 aromatic rings. The Bertz CT molecular complexity index is 3130. The normalized spacial score (nSPS) is 11.8. The van der Waals surface area contributed by atoms with E-state index in [2.05, 4.69) is 203 Å². The second kappa shape index (κ2) is 11.7. The highest BCUT2D eigenvalue weighted by Gasteiger charge is 2.18. The minimum Gasteiger partial charge on any atom is -0.455 e. The fourth-order valence-corrected chi connectivity index (χ4v) is 8.30. The van der Waals surface area contributed by atoms with Crippen molar-refractivity contribution in [2.24, 2.45) is 0 Å². The van der Waals surface area contributed by atoms with Gasteiger partial charge in [-0.15, -0.1) is 0 Å². The monoisotopic (exact) mass is 676 g/mol. The van der Waals surface area contributed by atoms with E-state index in [0.29, 0.717) is 0 Å². The third-order valence-corrected chi connectivity index (χ3v) is 10.8. The van der Waals surface area contributed by atoms with E-state index in [1.807, 2.05) is 0 Å². The average molecular weight is 677 g/mol. The first-order valence-corrected chi connectivity index (χ1v) is 18.1. The van der Waals surface area contributed by atoms with Crippen molar-refractivity contribution < 1.29 is 4.42 Å². The topological polar surface area (TPSA) is 23.0 Å². The lowest BCUT2D eigenvalue weighted by molar-refractivity contribution is 0.671. The number of rotatable bonds is 5. The van der Waals surface area contributed by atoms with Gasteiger partial charge in [-0.3, -0.25) is 0 Å². The molecule has 0 saturated heterocycles. The van der Waals surface area contributed by atoms with E-state index in [4.69, 9.17) is 4.42 Å². The fraction of sp³-hybridized carbons (Fsp3) is 0. The van der Waals surface area contributed by atoms with Crippen LogP contribution in [-0.2, 0) is 0 Å². The molecule has 0 bridgehead atoms. The number of para-hydroxylation sites is 4. The molecule has 53 heavy (non-hydrogen) atoms. The summed E-state index contributed by atoms with van der Waals surface area (Å²) in [6.07, 6.45) is 2.19. The summed E-state index contributed by atoms with van der Waals surface area (Å²) >= 11 is 0. The van der Waals surface area contributed by atoms with Gasteiger partial charge in [-0.2, -0.15) is 0 Å². The summed E-state index contributed by atoms with van der Waals surface area (Å²) in [4.78, 5) is 0. The number of hydrogen-bond acceptors (Lipinski definition) is 1. The Morgan fingerprint density at radius 2 is 0.887 bits per heavy atom. The highest BCUT2D eigenvalue weighted by molar-refractivity contribution is 6.18. The van der Waals surface area contributed by atoms with Gasteiger partial charge in [0.05, 0.1) is 16.6 Å². The first-order valence-electron chi connectivity index (χ1n) is 18.1. The summed E-state index contributed by atoms with van der Waals surface area (Å²) in [7, 11) is 0. The number of fused-ring (bicyclic) bond motifs is 8. The van der Waals surface area contributed by atoms with Crippen LogP contribution in [0.1, 0.15) is 0 Å². The van der Waals surface area contributed by atoms with Crippen molar-refractivity contribution in [1.82, 2.24) is 9.13 Å². The molecule has 0 fully saturated rings. The van der Waals surface area contributed by atoms with Crippen LogP contribution in [0.4, 0.5) is 0 Å². The van der Waals surface area contributed by atoms with E-state index in [0.717, 1.165) is 55.6 Å². The molecule has 0 saturated carbocycles. The largest absolute Gasteiger partial charge is 0.455 e. The molecule has 3 nitrogen and oxygen atoms in total. The van der Waals surface area contributed by atoms with Crippen LogP contribution < -0.4 is 0 Å². The first-order chi connectivity index (χ1) is 26.3. The lowest BCUT2D eigenvalue weighted by Gasteiger charge is -2.10. The minimum atomic E-state index is 0.908. The molecule has 0 radical (unpaired) electrons. The molecule has 0 unspecified atom stereocenters. The quantitative estimate of drug-likeness (QED) is 0.178. The summed E-state index contributed by atoms with van der Waals surface area (Å²) in [6, 6.07) is 67.2. The van der Waals surface area contributed by atoms with Crippen molar-refractivity contribution in [2.75, 3.05) is 0 Å². The van der Waals surface area contributed by atoms with Gasteiger partial charge in [0.1, 0.15) is 11.2 Å². The van der Waals surface area contributed by atoms with Crippen molar-refractivity contribution >= 4 is 54.6 Å². The Morgan fingerprint density at radius 3 is 1.58 bits per heavy atom. The lowest BCUT2D eigenvalue weighted by Crippen LogP contribution is -1.94. The third-order valence-electron chi connectivity index (χ3n) is 10.8. The standard InChI is InChI=1S/C50H32N2O/c1-3-11-33(12-4-1)34-21-23-35(24-22-34)39-16-9-18-43-44-19-10-17-40(50(44)53-49(39)43)36-25-27-37(28-26-36)51-32-31-45-46(51)30-29-42-41-15-7-8-20-47(41)52(48(42)45)38-13-5-2-6-14-38/h1-32H. The second-order valence-corrected chi connectivity index (χ2v) is 13.7. The van der Waals surface area contributed by atoms with Crippen LogP contribution in [0.25, 0.3) is 99.4 Å². The molecule has 0 spiro atoms. The lowest BCUT2D eigenvalue weighted by atomic mass is 9.98. The molecule has 11 rings (SSSR count). The van der Waals surface area contributed by atoms with E-state index in [1.54, 1.807) is 0 Å². The summed E-state index contributed by atoms with van der Waals surface area (Å²) < 4.78 is 11.5. The van der Waals surface area contributed by atoms with E-state index in [9.17, 15) is 0 Å². The Morgan fingerprint density at radius 1 is 0.321 bits per heavy atom. The zero-order valence-corrected chi connectivity index (χ0v) is 28.8. The maximum Gasteiger partial charge on any atom is 0.143 e. The van der Waals surface area contributed by atoms with Crippen LogP contribution in [-0.4, -0.2) is 9.13 Å². The van der Waals surface area contributed by atoms with Crippen molar-refractivity contribution in [1.29, 1.82) is 0 Å². The van der Waals surface area contributed by atoms with Crippen molar-refractivity contribution in [2.45, 2.75) is 0 Å². The molecule has 248 valence electrons. The Hall–Kier alpha value is -7.10. The van der Waals surface area contributed by atoms with Gasteiger partial charge >= 0.3 is 0 Å². The number of hydrogen-bond donors (Lipinski definition) is 0. The van der Waals surface area contributed by atoms with Crippen LogP contribution in [0, 0.1) is 0 Å². The minimum absolute atomic E-state index is 0.908. The molecular weight excluding hydrogens is 645 g/mol. The molecule has 3 heterocycles. The van der Waals surface area contributed by atoms with Crippen LogP contribution in [0.3, 0.4) is 0 Å².